The summed E-state index contributed by atoms with van der Waals surface area (Å²) in [5.74, 6) is 0.631. The Morgan fingerprint density at radius 1 is 1.28 bits per heavy atom. The molecule has 152 valence electrons. The number of piperidine rings is 1. The second-order valence-electron chi connectivity index (χ2n) is 7.60. The molecule has 0 bridgehead atoms. The maximum Gasteiger partial charge on any atom is 0.277 e. The molecule has 0 spiro atoms. The molecule has 1 unspecified atom stereocenters. The van der Waals surface area contributed by atoms with Crippen molar-refractivity contribution < 1.29 is 4.79 Å². The summed E-state index contributed by atoms with van der Waals surface area (Å²) in [5.41, 5.74) is 2.60. The number of amides is 1. The topological polar surface area (TPSA) is 67.2 Å². The summed E-state index contributed by atoms with van der Waals surface area (Å²) < 4.78 is 2.36. The summed E-state index contributed by atoms with van der Waals surface area (Å²) in [6.07, 6.45) is 2.68. The fourth-order valence-corrected chi connectivity index (χ4v) is 4.56. The summed E-state index contributed by atoms with van der Waals surface area (Å²) in [5, 5.41) is 4.91. The lowest BCUT2D eigenvalue weighted by molar-refractivity contribution is -0.125. The van der Waals surface area contributed by atoms with Crippen LogP contribution in [0.5, 0.6) is 0 Å². The number of carbonyl (C=O) groups excluding carboxylic acids is 1. The number of nitrogens with zero attached hydrogens (tertiary/aromatic N) is 3. The molecule has 1 fully saturated rings. The molecular formula is C22H26N4O2S. The van der Waals surface area contributed by atoms with E-state index in [1.165, 1.54) is 11.3 Å². The number of aryl methyl sites for hydroxylation is 1. The van der Waals surface area contributed by atoms with E-state index in [1.54, 1.807) is 4.57 Å². The van der Waals surface area contributed by atoms with Crippen LogP contribution < -0.4 is 15.8 Å². The summed E-state index contributed by atoms with van der Waals surface area (Å²) in [7, 11) is 0. The van der Waals surface area contributed by atoms with Gasteiger partial charge in [0.15, 0.2) is 0 Å². The molecular weight excluding hydrogens is 384 g/mol. The van der Waals surface area contributed by atoms with Gasteiger partial charge < -0.3 is 10.2 Å². The van der Waals surface area contributed by atoms with Gasteiger partial charge in [0, 0.05) is 19.6 Å². The highest BCUT2D eigenvalue weighted by atomic mass is 32.1. The maximum absolute atomic E-state index is 13.3. The first kappa shape index (κ1) is 19.6. The average molecular weight is 411 g/mol. The monoisotopic (exact) mass is 410 g/mol. The van der Waals surface area contributed by atoms with Gasteiger partial charge >= 0.3 is 0 Å². The van der Waals surface area contributed by atoms with Crippen molar-refractivity contribution in [3.05, 3.63) is 51.6 Å². The molecule has 0 saturated carbocycles. The maximum atomic E-state index is 13.3. The number of anilines is 1. The quantitative estimate of drug-likeness (QED) is 0.699. The number of nitrogens with one attached hydrogen (secondary N) is 1. The van der Waals surface area contributed by atoms with Crippen molar-refractivity contribution in [1.82, 2.24) is 14.9 Å². The first-order valence-electron chi connectivity index (χ1n) is 10.2. The van der Waals surface area contributed by atoms with E-state index in [1.807, 2.05) is 49.6 Å². The molecule has 1 aliphatic heterocycles. The van der Waals surface area contributed by atoms with Gasteiger partial charge in [-0.1, -0.05) is 24.6 Å². The zero-order chi connectivity index (χ0) is 20.4. The number of rotatable bonds is 5. The number of aromatic nitrogens is 2. The van der Waals surface area contributed by atoms with Crippen LogP contribution in [0.2, 0.25) is 0 Å². The molecule has 6 nitrogen and oxygen atoms in total. The lowest BCUT2D eigenvalue weighted by Crippen LogP contribution is -2.45. The van der Waals surface area contributed by atoms with E-state index in [9.17, 15) is 9.59 Å². The fourth-order valence-electron chi connectivity index (χ4n) is 3.80. The number of hydrogen-bond donors (Lipinski definition) is 1. The molecule has 0 radical (unpaired) electrons. The van der Waals surface area contributed by atoms with Crippen LogP contribution in [-0.4, -0.2) is 35.1 Å². The first-order chi connectivity index (χ1) is 14.1. The van der Waals surface area contributed by atoms with Crippen molar-refractivity contribution in [2.75, 3.05) is 24.5 Å². The molecule has 1 saturated heterocycles. The Morgan fingerprint density at radius 3 is 2.83 bits per heavy atom. The zero-order valence-electron chi connectivity index (χ0n) is 16.9. The minimum Gasteiger partial charge on any atom is -0.356 e. The average Bonchev–Trinajstić information content (AvgIpc) is 3.22. The molecule has 7 heteroatoms. The van der Waals surface area contributed by atoms with E-state index in [0.29, 0.717) is 23.7 Å². The van der Waals surface area contributed by atoms with E-state index in [0.717, 1.165) is 42.6 Å². The first-order valence-corrected chi connectivity index (χ1v) is 11.1. The van der Waals surface area contributed by atoms with Crippen molar-refractivity contribution in [3.8, 4) is 5.69 Å². The SMILES string of the molecule is CCCNC(=O)C1CCCN(c2nc3ccsc3c(=O)n2-c2ccc(C)cc2)C1. The second kappa shape index (κ2) is 8.37. The third-order valence-electron chi connectivity index (χ3n) is 5.38. The zero-order valence-corrected chi connectivity index (χ0v) is 17.7. The van der Waals surface area contributed by atoms with Gasteiger partial charge in [0.2, 0.25) is 11.9 Å². The highest BCUT2D eigenvalue weighted by Crippen LogP contribution is 2.26. The van der Waals surface area contributed by atoms with Gasteiger partial charge in [-0.25, -0.2) is 9.55 Å². The van der Waals surface area contributed by atoms with E-state index in [2.05, 4.69) is 10.2 Å². The Morgan fingerprint density at radius 2 is 2.07 bits per heavy atom. The van der Waals surface area contributed by atoms with Crippen molar-refractivity contribution in [1.29, 1.82) is 0 Å². The van der Waals surface area contributed by atoms with Crippen molar-refractivity contribution in [2.45, 2.75) is 33.1 Å². The molecule has 1 N–H and O–H groups in total. The molecule has 3 heterocycles. The molecule has 1 aliphatic rings. The van der Waals surface area contributed by atoms with Crippen LogP contribution in [0.4, 0.5) is 5.95 Å². The molecule has 4 rings (SSSR count). The molecule has 1 atom stereocenters. The highest BCUT2D eigenvalue weighted by Gasteiger charge is 2.29. The van der Waals surface area contributed by atoms with Crippen LogP contribution in [0.15, 0.2) is 40.5 Å². The summed E-state index contributed by atoms with van der Waals surface area (Å²) in [4.78, 5) is 32.8. The molecule has 1 amide bonds. The lowest BCUT2D eigenvalue weighted by atomic mass is 9.97. The lowest BCUT2D eigenvalue weighted by Gasteiger charge is -2.34. The van der Waals surface area contributed by atoms with Crippen molar-refractivity contribution in [2.24, 2.45) is 5.92 Å². The molecule has 2 aromatic heterocycles. The molecule has 1 aromatic carbocycles. The Hall–Kier alpha value is -2.67. The fraction of sp³-hybridized carbons (Fsp3) is 0.409. The van der Waals surface area contributed by atoms with Crippen molar-refractivity contribution in [3.63, 3.8) is 0 Å². The van der Waals surface area contributed by atoms with Crippen molar-refractivity contribution >= 4 is 33.4 Å². The third kappa shape index (κ3) is 3.92. The standard InChI is InChI=1S/C22H26N4O2S/c1-3-11-23-20(27)16-5-4-12-25(14-16)22-24-18-10-13-29-19(18)21(28)26(22)17-8-6-15(2)7-9-17/h6-10,13,16H,3-5,11-12,14H2,1-2H3,(H,23,27). The predicted molar refractivity (Wildman–Crippen MR) is 118 cm³/mol. The van der Waals surface area contributed by atoms with Crippen LogP contribution in [0, 0.1) is 12.8 Å². The Labute approximate surface area is 174 Å². The van der Waals surface area contributed by atoms with Gasteiger partial charge in [-0.05, 0) is 49.8 Å². The summed E-state index contributed by atoms with van der Waals surface area (Å²) >= 11 is 1.42. The number of thiophene rings is 1. The summed E-state index contributed by atoms with van der Waals surface area (Å²) in [6, 6.07) is 9.80. The Bertz CT molecular complexity index is 1070. The van der Waals surface area contributed by atoms with Gasteiger partial charge in [-0.2, -0.15) is 0 Å². The highest BCUT2D eigenvalue weighted by molar-refractivity contribution is 7.17. The van der Waals surface area contributed by atoms with Gasteiger partial charge in [0.1, 0.15) is 4.70 Å². The minimum atomic E-state index is -0.0863. The number of fused-ring (bicyclic) bond motifs is 1. The normalized spacial score (nSPS) is 16.9. The molecule has 3 aromatic rings. The van der Waals surface area contributed by atoms with Gasteiger partial charge in [-0.3, -0.25) is 9.59 Å². The predicted octanol–water partition coefficient (Wildman–Crippen LogP) is 3.50. The molecule has 29 heavy (non-hydrogen) atoms. The third-order valence-corrected chi connectivity index (χ3v) is 6.27. The Kier molecular flexibility index (Phi) is 5.67. The van der Waals surface area contributed by atoms with Gasteiger partial charge in [0.05, 0.1) is 17.1 Å². The van der Waals surface area contributed by atoms with Crippen LogP contribution in [0.1, 0.15) is 31.7 Å². The van der Waals surface area contributed by atoms with E-state index in [-0.39, 0.29) is 17.4 Å². The molecule has 0 aliphatic carbocycles. The van der Waals surface area contributed by atoms with Crippen LogP contribution in [-0.2, 0) is 4.79 Å². The smallest absolute Gasteiger partial charge is 0.277 e. The largest absolute Gasteiger partial charge is 0.356 e. The number of benzene rings is 1. The van der Waals surface area contributed by atoms with E-state index in [4.69, 9.17) is 4.98 Å². The van der Waals surface area contributed by atoms with E-state index >= 15 is 0 Å². The minimum absolute atomic E-state index is 0.0542. The van der Waals surface area contributed by atoms with Crippen LogP contribution in [0.25, 0.3) is 15.9 Å². The summed E-state index contributed by atoms with van der Waals surface area (Å²) in [6.45, 7) is 6.13. The van der Waals surface area contributed by atoms with E-state index < -0.39 is 0 Å². The van der Waals surface area contributed by atoms with Gasteiger partial charge in [-0.15, -0.1) is 11.3 Å². The second-order valence-corrected chi connectivity index (χ2v) is 8.52. The van der Waals surface area contributed by atoms with Gasteiger partial charge in [0.25, 0.3) is 5.56 Å². The Balaban J connectivity index is 1.76. The van der Waals surface area contributed by atoms with Crippen LogP contribution >= 0.6 is 11.3 Å². The van der Waals surface area contributed by atoms with Crippen LogP contribution in [0.3, 0.4) is 0 Å². The number of carbonyl (C=O) groups is 1. The number of hydrogen-bond acceptors (Lipinski definition) is 5.